The van der Waals surface area contributed by atoms with Crippen LogP contribution in [0.5, 0.6) is 0 Å². The molecule has 0 aliphatic heterocycles. The molecular weight excluding hydrogens is 238 g/mol. The average molecular weight is 263 g/mol. The van der Waals surface area contributed by atoms with Crippen LogP contribution in [0.3, 0.4) is 0 Å². The largest absolute Gasteiger partial charge is 0.396 e. The fraction of sp³-hybridized carbons (Fsp3) is 1.00. The van der Waals surface area contributed by atoms with Crippen LogP contribution in [0.2, 0.25) is 0 Å². The van der Waals surface area contributed by atoms with E-state index >= 15 is 0 Å². The van der Waals surface area contributed by atoms with Gasteiger partial charge in [-0.15, -0.1) is 0 Å². The zero-order valence-corrected chi connectivity index (χ0v) is 11.7. The Hall–Kier alpha value is -0.130. The predicted molar refractivity (Wildman–Crippen MR) is 69.3 cm³/mol. The lowest BCUT2D eigenvalue weighted by Crippen LogP contribution is -2.40. The molecule has 1 saturated carbocycles. The third kappa shape index (κ3) is 5.84. The lowest BCUT2D eigenvalue weighted by Gasteiger charge is -2.24. The van der Waals surface area contributed by atoms with E-state index in [-0.39, 0.29) is 18.4 Å². The zero-order valence-electron chi connectivity index (χ0n) is 10.9. The number of hydrogen-bond donors (Lipinski definition) is 2. The molecule has 0 heterocycles. The summed E-state index contributed by atoms with van der Waals surface area (Å²) in [5.41, 5.74) is -0.573. The van der Waals surface area contributed by atoms with Gasteiger partial charge in [-0.25, -0.2) is 13.1 Å². The van der Waals surface area contributed by atoms with E-state index in [0.29, 0.717) is 0 Å². The van der Waals surface area contributed by atoms with Crippen molar-refractivity contribution < 1.29 is 13.5 Å². The van der Waals surface area contributed by atoms with Gasteiger partial charge in [-0.3, -0.25) is 0 Å². The standard InChI is InChI=1S/C12H25NO3S/c1-12(2,9-14)10-17(15,16)13-11-7-5-3-4-6-8-11/h11,13-14H,3-10H2,1-2H3. The van der Waals surface area contributed by atoms with Gasteiger partial charge in [-0.1, -0.05) is 39.5 Å². The molecule has 1 aliphatic carbocycles. The molecule has 4 nitrogen and oxygen atoms in total. The summed E-state index contributed by atoms with van der Waals surface area (Å²) >= 11 is 0. The van der Waals surface area contributed by atoms with Gasteiger partial charge < -0.3 is 5.11 Å². The number of aliphatic hydroxyl groups excluding tert-OH is 1. The normalized spacial score (nSPS) is 20.2. The van der Waals surface area contributed by atoms with Crippen LogP contribution in [0.4, 0.5) is 0 Å². The maximum absolute atomic E-state index is 12.0. The Morgan fingerprint density at radius 2 is 1.71 bits per heavy atom. The summed E-state index contributed by atoms with van der Waals surface area (Å²) in [6.07, 6.45) is 6.52. The molecule has 17 heavy (non-hydrogen) atoms. The SMILES string of the molecule is CC(C)(CO)CS(=O)(=O)NC1CCCCCC1. The van der Waals surface area contributed by atoms with Gasteiger partial charge in [-0.05, 0) is 12.8 Å². The van der Waals surface area contributed by atoms with Gasteiger partial charge in [0.25, 0.3) is 0 Å². The predicted octanol–water partition coefficient (Wildman–Crippen LogP) is 1.65. The Bertz CT molecular complexity index is 317. The third-order valence-electron chi connectivity index (χ3n) is 3.21. The second-order valence-corrected chi connectivity index (χ2v) is 7.64. The summed E-state index contributed by atoms with van der Waals surface area (Å²) in [7, 11) is -3.28. The molecule has 0 amide bonds. The average Bonchev–Trinajstić information content (AvgIpc) is 2.44. The number of rotatable bonds is 5. The Morgan fingerprint density at radius 1 is 1.18 bits per heavy atom. The van der Waals surface area contributed by atoms with Crippen molar-refractivity contribution in [2.75, 3.05) is 12.4 Å². The summed E-state index contributed by atoms with van der Waals surface area (Å²) in [4.78, 5) is 0. The molecule has 0 spiro atoms. The van der Waals surface area contributed by atoms with Crippen molar-refractivity contribution in [3.63, 3.8) is 0 Å². The van der Waals surface area contributed by atoms with Crippen molar-refractivity contribution in [1.82, 2.24) is 4.72 Å². The number of hydrogen-bond acceptors (Lipinski definition) is 3. The zero-order chi connectivity index (χ0) is 12.9. The first-order valence-electron chi connectivity index (χ1n) is 6.45. The van der Waals surface area contributed by atoms with E-state index in [9.17, 15) is 8.42 Å². The molecular formula is C12H25NO3S. The fourth-order valence-corrected chi connectivity index (χ4v) is 4.20. The van der Waals surface area contributed by atoms with Crippen LogP contribution in [-0.2, 0) is 10.0 Å². The van der Waals surface area contributed by atoms with Gasteiger partial charge in [0.15, 0.2) is 0 Å². The summed E-state index contributed by atoms with van der Waals surface area (Å²) < 4.78 is 26.7. The van der Waals surface area contributed by atoms with Crippen LogP contribution in [0.15, 0.2) is 0 Å². The lowest BCUT2D eigenvalue weighted by molar-refractivity contribution is 0.178. The maximum atomic E-state index is 12.0. The fourth-order valence-electron chi connectivity index (χ4n) is 2.25. The minimum Gasteiger partial charge on any atom is -0.396 e. The van der Waals surface area contributed by atoms with Gasteiger partial charge in [-0.2, -0.15) is 0 Å². The molecule has 0 bridgehead atoms. The van der Waals surface area contributed by atoms with Gasteiger partial charge in [0.1, 0.15) is 0 Å². The Labute approximate surface area is 105 Å². The summed E-state index contributed by atoms with van der Waals surface area (Å²) in [5.74, 6) is -0.00694. The first kappa shape index (κ1) is 14.9. The Kier molecular flexibility index (Phi) is 5.41. The van der Waals surface area contributed by atoms with Crippen molar-refractivity contribution in [3.05, 3.63) is 0 Å². The van der Waals surface area contributed by atoms with E-state index in [4.69, 9.17) is 5.11 Å². The molecule has 0 atom stereocenters. The van der Waals surface area contributed by atoms with Crippen molar-refractivity contribution in [2.45, 2.75) is 58.4 Å². The second-order valence-electron chi connectivity index (χ2n) is 5.89. The van der Waals surface area contributed by atoms with Crippen LogP contribution in [0.25, 0.3) is 0 Å². The topological polar surface area (TPSA) is 66.4 Å². The summed E-state index contributed by atoms with van der Waals surface area (Å²) in [6.45, 7) is 3.41. The molecule has 1 aliphatic rings. The van der Waals surface area contributed by atoms with Crippen LogP contribution in [0.1, 0.15) is 52.4 Å². The molecule has 0 aromatic heterocycles. The van der Waals surface area contributed by atoms with E-state index in [1.165, 1.54) is 12.8 Å². The Morgan fingerprint density at radius 3 is 2.18 bits per heavy atom. The van der Waals surface area contributed by atoms with E-state index in [0.717, 1.165) is 25.7 Å². The highest BCUT2D eigenvalue weighted by Crippen LogP contribution is 2.20. The van der Waals surface area contributed by atoms with Crippen LogP contribution >= 0.6 is 0 Å². The molecule has 2 N–H and O–H groups in total. The monoisotopic (exact) mass is 263 g/mol. The number of nitrogens with one attached hydrogen (secondary N) is 1. The van der Waals surface area contributed by atoms with Crippen molar-refractivity contribution in [2.24, 2.45) is 5.41 Å². The first-order chi connectivity index (χ1) is 7.85. The van der Waals surface area contributed by atoms with Crippen LogP contribution in [-0.4, -0.2) is 31.9 Å². The van der Waals surface area contributed by atoms with Gasteiger partial charge in [0.2, 0.25) is 10.0 Å². The van der Waals surface area contributed by atoms with Crippen molar-refractivity contribution >= 4 is 10.0 Å². The van der Waals surface area contributed by atoms with Crippen LogP contribution < -0.4 is 4.72 Å². The van der Waals surface area contributed by atoms with Crippen molar-refractivity contribution in [1.29, 1.82) is 0 Å². The molecule has 0 unspecified atom stereocenters. The molecule has 1 rings (SSSR count). The molecule has 0 saturated heterocycles. The highest BCUT2D eigenvalue weighted by Gasteiger charge is 2.27. The third-order valence-corrected chi connectivity index (χ3v) is 5.06. The molecule has 5 heteroatoms. The minimum absolute atomic E-state index is 0.00694. The first-order valence-corrected chi connectivity index (χ1v) is 8.11. The Balaban J connectivity index is 2.53. The number of sulfonamides is 1. The highest BCUT2D eigenvalue weighted by molar-refractivity contribution is 7.89. The summed E-state index contributed by atoms with van der Waals surface area (Å²) in [5, 5.41) is 9.12. The minimum atomic E-state index is -3.28. The van der Waals surface area contributed by atoms with Crippen molar-refractivity contribution in [3.8, 4) is 0 Å². The second kappa shape index (κ2) is 6.16. The smallest absolute Gasteiger partial charge is 0.212 e. The molecule has 0 radical (unpaired) electrons. The lowest BCUT2D eigenvalue weighted by atomic mass is 9.98. The van der Waals surface area contributed by atoms with E-state index in [2.05, 4.69) is 4.72 Å². The van der Waals surface area contributed by atoms with Gasteiger partial charge >= 0.3 is 0 Å². The van der Waals surface area contributed by atoms with Gasteiger partial charge in [0, 0.05) is 18.1 Å². The molecule has 1 fully saturated rings. The summed E-state index contributed by atoms with van der Waals surface area (Å²) in [6, 6.07) is 0.0944. The van der Waals surface area contributed by atoms with E-state index in [1.54, 1.807) is 13.8 Å². The number of aliphatic hydroxyl groups is 1. The molecule has 102 valence electrons. The molecule has 0 aromatic rings. The molecule has 0 aromatic carbocycles. The van der Waals surface area contributed by atoms with E-state index < -0.39 is 15.4 Å². The van der Waals surface area contributed by atoms with Crippen LogP contribution in [0, 0.1) is 5.41 Å². The quantitative estimate of drug-likeness (QED) is 0.741. The van der Waals surface area contributed by atoms with Gasteiger partial charge in [0.05, 0.1) is 5.75 Å². The maximum Gasteiger partial charge on any atom is 0.212 e. The highest BCUT2D eigenvalue weighted by atomic mass is 32.2. The van der Waals surface area contributed by atoms with E-state index in [1.807, 2.05) is 0 Å².